The van der Waals surface area contributed by atoms with Gasteiger partial charge in [-0.1, -0.05) is 18.2 Å². The number of nitro benzene ring substituents is 1. The van der Waals surface area contributed by atoms with E-state index in [1.807, 2.05) is 24.3 Å². The quantitative estimate of drug-likeness (QED) is 0.345. The van der Waals surface area contributed by atoms with Gasteiger partial charge in [0.2, 0.25) is 11.8 Å². The van der Waals surface area contributed by atoms with Gasteiger partial charge in [-0.25, -0.2) is 9.97 Å². The van der Waals surface area contributed by atoms with E-state index in [9.17, 15) is 19.8 Å². The first-order valence-electron chi connectivity index (χ1n) is 10.3. The molecule has 11 heteroatoms. The molecule has 0 spiro atoms. The summed E-state index contributed by atoms with van der Waals surface area (Å²) in [4.78, 5) is 19.1. The Labute approximate surface area is 192 Å². The number of para-hydroxylation sites is 1. The van der Waals surface area contributed by atoms with E-state index < -0.39 is 16.4 Å². The van der Waals surface area contributed by atoms with E-state index in [1.54, 1.807) is 0 Å². The number of anilines is 2. The number of nitro groups is 1. The molecule has 2 aromatic heterocycles. The van der Waals surface area contributed by atoms with Gasteiger partial charge in [0.15, 0.2) is 0 Å². The predicted octanol–water partition coefficient (Wildman–Crippen LogP) is 4.30. The summed E-state index contributed by atoms with van der Waals surface area (Å²) in [6, 6.07) is 11.9. The summed E-state index contributed by atoms with van der Waals surface area (Å²) in [6.07, 6.45) is 1.37. The van der Waals surface area contributed by atoms with Crippen LogP contribution < -0.4 is 10.1 Å². The average molecular weight is 460 g/mol. The summed E-state index contributed by atoms with van der Waals surface area (Å²) in [6.45, 7) is 1.61. The van der Waals surface area contributed by atoms with Gasteiger partial charge >= 0.3 is 5.69 Å². The zero-order valence-corrected chi connectivity index (χ0v) is 17.9. The molecule has 34 heavy (non-hydrogen) atoms. The Bertz CT molecular complexity index is 1490. The van der Waals surface area contributed by atoms with Crippen LogP contribution in [0.2, 0.25) is 0 Å². The van der Waals surface area contributed by atoms with Gasteiger partial charge in [0, 0.05) is 35.1 Å². The van der Waals surface area contributed by atoms with E-state index in [1.165, 1.54) is 13.3 Å². The van der Waals surface area contributed by atoms with Crippen molar-refractivity contribution >= 4 is 28.2 Å². The minimum atomic E-state index is -1.03. The molecular formula is C23H17FN6O4. The van der Waals surface area contributed by atoms with Crippen LogP contribution >= 0.6 is 0 Å². The molecule has 0 unspecified atom stereocenters. The second kappa shape index (κ2) is 8.42. The van der Waals surface area contributed by atoms with E-state index >= 15 is 0 Å². The number of rotatable bonds is 5. The SMILES string of the molecule is COc1cc(F)c([N+](=O)[O-])cc1Nc1ncc(C#N)c(-c2c3n(c4ccccc24)CCOC3)n1. The molecule has 0 bridgehead atoms. The fraction of sp³-hybridized carbons (Fsp3) is 0.174. The molecule has 0 saturated heterocycles. The van der Waals surface area contributed by atoms with E-state index in [2.05, 4.69) is 25.9 Å². The van der Waals surface area contributed by atoms with Crippen molar-refractivity contribution in [1.29, 1.82) is 5.26 Å². The zero-order valence-electron chi connectivity index (χ0n) is 17.9. The van der Waals surface area contributed by atoms with Crippen molar-refractivity contribution in [2.45, 2.75) is 13.2 Å². The smallest absolute Gasteiger partial charge is 0.307 e. The van der Waals surface area contributed by atoms with Crippen molar-refractivity contribution in [2.24, 2.45) is 0 Å². The Hall–Kier alpha value is -4.56. The monoisotopic (exact) mass is 460 g/mol. The van der Waals surface area contributed by atoms with E-state index in [0.29, 0.717) is 25.5 Å². The summed E-state index contributed by atoms with van der Waals surface area (Å²) in [7, 11) is 1.32. The third-order valence-corrected chi connectivity index (χ3v) is 5.63. The maximum absolute atomic E-state index is 14.0. The fourth-order valence-electron chi connectivity index (χ4n) is 4.14. The van der Waals surface area contributed by atoms with Crippen LogP contribution in [0.5, 0.6) is 5.75 Å². The summed E-state index contributed by atoms with van der Waals surface area (Å²) in [5, 5.41) is 24.7. The van der Waals surface area contributed by atoms with Crippen LogP contribution in [-0.2, 0) is 17.9 Å². The maximum Gasteiger partial charge on any atom is 0.307 e. The first kappa shape index (κ1) is 21.3. The first-order valence-corrected chi connectivity index (χ1v) is 10.3. The zero-order chi connectivity index (χ0) is 23.8. The highest BCUT2D eigenvalue weighted by Crippen LogP contribution is 2.38. The highest BCUT2D eigenvalue weighted by molar-refractivity contribution is 5.98. The molecule has 0 saturated carbocycles. The van der Waals surface area contributed by atoms with Crippen molar-refractivity contribution in [3.05, 3.63) is 69.8 Å². The number of hydrogen-bond acceptors (Lipinski definition) is 8. The summed E-state index contributed by atoms with van der Waals surface area (Å²) < 4.78 is 27.0. The van der Waals surface area contributed by atoms with Gasteiger partial charge in [-0.15, -0.1) is 0 Å². The fourth-order valence-corrected chi connectivity index (χ4v) is 4.14. The third-order valence-electron chi connectivity index (χ3n) is 5.63. The lowest BCUT2D eigenvalue weighted by atomic mass is 10.0. The highest BCUT2D eigenvalue weighted by atomic mass is 19.1. The molecule has 5 rings (SSSR count). The van der Waals surface area contributed by atoms with E-state index in [0.717, 1.165) is 34.3 Å². The Morgan fingerprint density at radius 1 is 1.35 bits per heavy atom. The van der Waals surface area contributed by atoms with Gasteiger partial charge in [-0.3, -0.25) is 10.1 Å². The second-order valence-electron chi connectivity index (χ2n) is 7.50. The van der Waals surface area contributed by atoms with Crippen LogP contribution in [0.25, 0.3) is 22.2 Å². The van der Waals surface area contributed by atoms with Crippen molar-refractivity contribution in [3.63, 3.8) is 0 Å². The number of methoxy groups -OCH3 is 1. The molecule has 170 valence electrons. The predicted molar refractivity (Wildman–Crippen MR) is 120 cm³/mol. The molecule has 3 heterocycles. The minimum Gasteiger partial charge on any atom is -0.494 e. The lowest BCUT2D eigenvalue weighted by molar-refractivity contribution is -0.387. The van der Waals surface area contributed by atoms with Gasteiger partial charge in [0.05, 0.1) is 54.1 Å². The number of halogens is 1. The molecule has 2 aromatic carbocycles. The number of fused-ring (bicyclic) bond motifs is 3. The van der Waals surface area contributed by atoms with Crippen molar-refractivity contribution < 1.29 is 18.8 Å². The van der Waals surface area contributed by atoms with Gasteiger partial charge in [0.25, 0.3) is 0 Å². The number of nitrogens with one attached hydrogen (secondary N) is 1. The van der Waals surface area contributed by atoms with Crippen LogP contribution in [0.3, 0.4) is 0 Å². The lowest BCUT2D eigenvalue weighted by Gasteiger charge is -2.18. The van der Waals surface area contributed by atoms with E-state index in [4.69, 9.17) is 9.47 Å². The molecule has 1 aliphatic rings. The minimum absolute atomic E-state index is 0.0395. The number of nitrogens with zero attached hydrogens (tertiary/aromatic N) is 5. The van der Waals surface area contributed by atoms with Crippen LogP contribution in [0.15, 0.2) is 42.6 Å². The number of aromatic nitrogens is 3. The average Bonchev–Trinajstić information content (AvgIpc) is 3.19. The summed E-state index contributed by atoms with van der Waals surface area (Å²) in [5.41, 5.74) is 2.69. The molecule has 0 radical (unpaired) electrons. The van der Waals surface area contributed by atoms with Crippen LogP contribution in [-0.4, -0.2) is 33.2 Å². The summed E-state index contributed by atoms with van der Waals surface area (Å²) >= 11 is 0. The van der Waals surface area contributed by atoms with Crippen molar-refractivity contribution in [3.8, 4) is 23.1 Å². The Morgan fingerprint density at radius 2 is 2.18 bits per heavy atom. The Morgan fingerprint density at radius 3 is 2.94 bits per heavy atom. The number of nitriles is 1. The molecule has 0 atom stereocenters. The molecule has 1 N–H and O–H groups in total. The molecule has 0 fully saturated rings. The standard InChI is InChI=1S/C23H17FN6O4/c1-33-20-8-15(24)18(30(31)32)9-16(20)27-23-26-11-13(10-25)22(28-23)21-14-4-2-3-5-17(14)29-6-7-34-12-19(21)29/h2-5,8-9,11H,6-7,12H2,1H3,(H,26,27,28). The van der Waals surface area contributed by atoms with Crippen molar-refractivity contribution in [2.75, 3.05) is 19.0 Å². The number of benzene rings is 2. The van der Waals surface area contributed by atoms with Crippen LogP contribution in [0.1, 0.15) is 11.3 Å². The lowest BCUT2D eigenvalue weighted by Crippen LogP contribution is -2.16. The second-order valence-corrected chi connectivity index (χ2v) is 7.50. The van der Waals surface area contributed by atoms with Gasteiger partial charge < -0.3 is 19.4 Å². The molecule has 1 aliphatic heterocycles. The van der Waals surface area contributed by atoms with Gasteiger partial charge in [-0.05, 0) is 6.07 Å². The molecular weight excluding hydrogens is 443 g/mol. The molecule has 4 aromatic rings. The normalized spacial score (nSPS) is 12.7. The number of hydrogen-bond donors (Lipinski definition) is 1. The largest absolute Gasteiger partial charge is 0.494 e. The third kappa shape index (κ3) is 3.46. The Balaban J connectivity index is 1.67. The highest BCUT2D eigenvalue weighted by Gasteiger charge is 2.25. The number of ether oxygens (including phenoxy) is 2. The van der Waals surface area contributed by atoms with Gasteiger partial charge in [-0.2, -0.15) is 9.65 Å². The van der Waals surface area contributed by atoms with Gasteiger partial charge in [0.1, 0.15) is 11.8 Å². The van der Waals surface area contributed by atoms with Crippen molar-refractivity contribution in [1.82, 2.24) is 14.5 Å². The molecule has 10 nitrogen and oxygen atoms in total. The first-order chi connectivity index (χ1) is 16.5. The molecule has 0 aliphatic carbocycles. The maximum atomic E-state index is 14.0. The summed E-state index contributed by atoms with van der Waals surface area (Å²) in [5.74, 6) is -0.924. The topological polar surface area (TPSA) is 128 Å². The Kier molecular flexibility index (Phi) is 5.27. The van der Waals surface area contributed by atoms with E-state index in [-0.39, 0.29) is 22.9 Å². The van der Waals surface area contributed by atoms with Crippen LogP contribution in [0.4, 0.5) is 21.7 Å². The van der Waals surface area contributed by atoms with Crippen LogP contribution in [0, 0.1) is 27.3 Å². The molecule has 0 amide bonds.